The van der Waals surface area contributed by atoms with Gasteiger partial charge in [0.2, 0.25) is 0 Å². The van der Waals surface area contributed by atoms with E-state index in [0.717, 1.165) is 24.2 Å². The van der Waals surface area contributed by atoms with Gasteiger partial charge in [0, 0.05) is 24.8 Å². The van der Waals surface area contributed by atoms with Crippen molar-refractivity contribution in [3.05, 3.63) is 29.8 Å². The van der Waals surface area contributed by atoms with Crippen molar-refractivity contribution in [2.75, 3.05) is 32.4 Å². The largest absolute Gasteiger partial charge is 0.399 e. The molecule has 0 radical (unpaired) electrons. The molecule has 0 aliphatic carbocycles. The molecule has 2 aliphatic rings. The number of benzene rings is 1. The first-order valence-corrected chi connectivity index (χ1v) is 7.49. The maximum Gasteiger partial charge on any atom is 0.0314 e. The maximum absolute atomic E-state index is 5.74. The topological polar surface area (TPSA) is 32.5 Å². The molecule has 0 saturated carbocycles. The van der Waals surface area contributed by atoms with Gasteiger partial charge >= 0.3 is 0 Å². The standard InChI is InChI=1S/C16H25N3/c1-18-9-2-3-14-12-19(10-8-16(14)18)11-13-4-6-15(17)7-5-13/h4-7,14,16H,2-3,8-12,17H2,1H3. The van der Waals surface area contributed by atoms with Crippen molar-refractivity contribution in [1.29, 1.82) is 0 Å². The summed E-state index contributed by atoms with van der Waals surface area (Å²) in [5, 5.41) is 0. The van der Waals surface area contributed by atoms with Gasteiger partial charge in [0.1, 0.15) is 0 Å². The number of rotatable bonds is 2. The molecule has 2 N–H and O–H groups in total. The van der Waals surface area contributed by atoms with E-state index in [1.807, 2.05) is 12.1 Å². The van der Waals surface area contributed by atoms with E-state index in [2.05, 4.69) is 29.0 Å². The molecular weight excluding hydrogens is 234 g/mol. The van der Waals surface area contributed by atoms with Crippen LogP contribution < -0.4 is 5.73 Å². The SMILES string of the molecule is CN1CCCC2CN(Cc3ccc(N)cc3)CCC21. The van der Waals surface area contributed by atoms with Gasteiger partial charge in [0.05, 0.1) is 0 Å². The molecular formula is C16H25N3. The fourth-order valence-electron chi connectivity index (χ4n) is 3.75. The summed E-state index contributed by atoms with van der Waals surface area (Å²) in [7, 11) is 2.30. The van der Waals surface area contributed by atoms with Crippen molar-refractivity contribution in [2.45, 2.75) is 31.8 Å². The molecule has 2 fully saturated rings. The zero-order chi connectivity index (χ0) is 13.2. The quantitative estimate of drug-likeness (QED) is 0.826. The molecule has 0 aromatic heterocycles. The van der Waals surface area contributed by atoms with Crippen LogP contribution in [-0.2, 0) is 6.54 Å². The summed E-state index contributed by atoms with van der Waals surface area (Å²) < 4.78 is 0. The Kier molecular flexibility index (Phi) is 3.76. The van der Waals surface area contributed by atoms with E-state index < -0.39 is 0 Å². The number of nitrogen functional groups attached to an aromatic ring is 1. The Morgan fingerprint density at radius 1 is 1.16 bits per heavy atom. The molecule has 104 valence electrons. The molecule has 2 heterocycles. The van der Waals surface area contributed by atoms with Crippen LogP contribution in [0.15, 0.2) is 24.3 Å². The number of hydrogen-bond donors (Lipinski definition) is 1. The first-order valence-electron chi connectivity index (χ1n) is 7.49. The Hall–Kier alpha value is -1.06. The van der Waals surface area contributed by atoms with E-state index in [0.29, 0.717) is 0 Å². The normalized spacial score (nSPS) is 29.1. The van der Waals surface area contributed by atoms with Gasteiger partial charge in [-0.1, -0.05) is 12.1 Å². The second-order valence-corrected chi connectivity index (χ2v) is 6.22. The third kappa shape index (κ3) is 2.93. The van der Waals surface area contributed by atoms with E-state index in [-0.39, 0.29) is 0 Å². The number of piperidine rings is 2. The minimum Gasteiger partial charge on any atom is -0.399 e. The van der Waals surface area contributed by atoms with Crippen molar-refractivity contribution in [3.8, 4) is 0 Å². The van der Waals surface area contributed by atoms with Crippen LogP contribution in [0.2, 0.25) is 0 Å². The third-order valence-electron chi connectivity index (χ3n) is 4.82. The zero-order valence-electron chi connectivity index (χ0n) is 11.9. The molecule has 3 rings (SSSR count). The minimum atomic E-state index is 0.830. The number of likely N-dealkylation sites (tertiary alicyclic amines) is 2. The molecule has 19 heavy (non-hydrogen) atoms. The fourth-order valence-corrected chi connectivity index (χ4v) is 3.75. The number of anilines is 1. The summed E-state index contributed by atoms with van der Waals surface area (Å²) in [4.78, 5) is 5.20. The van der Waals surface area contributed by atoms with E-state index in [1.54, 1.807) is 0 Å². The second-order valence-electron chi connectivity index (χ2n) is 6.22. The van der Waals surface area contributed by atoms with Gasteiger partial charge in [-0.2, -0.15) is 0 Å². The highest BCUT2D eigenvalue weighted by Crippen LogP contribution is 2.30. The highest BCUT2D eigenvalue weighted by Gasteiger charge is 2.33. The van der Waals surface area contributed by atoms with Gasteiger partial charge in [0.25, 0.3) is 0 Å². The molecule has 0 amide bonds. The Morgan fingerprint density at radius 2 is 1.95 bits per heavy atom. The summed E-state index contributed by atoms with van der Waals surface area (Å²) in [5.74, 6) is 0.876. The average molecular weight is 259 g/mol. The van der Waals surface area contributed by atoms with Crippen LogP contribution >= 0.6 is 0 Å². The Morgan fingerprint density at radius 3 is 2.74 bits per heavy atom. The monoisotopic (exact) mass is 259 g/mol. The Labute approximate surface area is 116 Å². The lowest BCUT2D eigenvalue weighted by Crippen LogP contribution is -2.52. The van der Waals surface area contributed by atoms with Gasteiger partial charge in [-0.25, -0.2) is 0 Å². The number of nitrogens with two attached hydrogens (primary N) is 1. The van der Waals surface area contributed by atoms with Crippen LogP contribution in [0.3, 0.4) is 0 Å². The molecule has 2 aliphatic heterocycles. The van der Waals surface area contributed by atoms with Crippen molar-refractivity contribution < 1.29 is 0 Å². The number of nitrogens with zero attached hydrogens (tertiary/aromatic N) is 2. The lowest BCUT2D eigenvalue weighted by molar-refractivity contribution is 0.0355. The zero-order valence-corrected chi connectivity index (χ0v) is 11.9. The highest BCUT2D eigenvalue weighted by atomic mass is 15.2. The molecule has 2 saturated heterocycles. The average Bonchev–Trinajstić information content (AvgIpc) is 2.42. The predicted octanol–water partition coefficient (Wildman–Crippen LogP) is 2.18. The lowest BCUT2D eigenvalue weighted by atomic mass is 9.84. The predicted molar refractivity (Wildman–Crippen MR) is 79.9 cm³/mol. The molecule has 0 spiro atoms. The first-order chi connectivity index (χ1) is 9.22. The van der Waals surface area contributed by atoms with Crippen LogP contribution in [0.25, 0.3) is 0 Å². The summed E-state index contributed by atoms with van der Waals surface area (Å²) in [6.07, 6.45) is 4.11. The number of fused-ring (bicyclic) bond motifs is 1. The van der Waals surface area contributed by atoms with Crippen molar-refractivity contribution in [2.24, 2.45) is 5.92 Å². The summed E-state index contributed by atoms with van der Waals surface area (Å²) in [6.45, 7) is 4.86. The van der Waals surface area contributed by atoms with E-state index >= 15 is 0 Å². The van der Waals surface area contributed by atoms with Crippen molar-refractivity contribution >= 4 is 5.69 Å². The molecule has 3 nitrogen and oxygen atoms in total. The Balaban J connectivity index is 1.60. The van der Waals surface area contributed by atoms with Gasteiger partial charge in [-0.3, -0.25) is 4.90 Å². The highest BCUT2D eigenvalue weighted by molar-refractivity contribution is 5.39. The summed E-state index contributed by atoms with van der Waals surface area (Å²) in [5.41, 5.74) is 7.99. The van der Waals surface area contributed by atoms with Crippen LogP contribution in [0.4, 0.5) is 5.69 Å². The van der Waals surface area contributed by atoms with Crippen LogP contribution in [0, 0.1) is 5.92 Å². The third-order valence-corrected chi connectivity index (χ3v) is 4.82. The van der Waals surface area contributed by atoms with Crippen molar-refractivity contribution in [1.82, 2.24) is 9.80 Å². The molecule has 1 aromatic rings. The molecule has 2 unspecified atom stereocenters. The minimum absolute atomic E-state index is 0.830. The van der Waals surface area contributed by atoms with Crippen molar-refractivity contribution in [3.63, 3.8) is 0 Å². The first kappa shape index (κ1) is 12.9. The van der Waals surface area contributed by atoms with Crippen LogP contribution in [0.1, 0.15) is 24.8 Å². The lowest BCUT2D eigenvalue weighted by Gasteiger charge is -2.46. The van der Waals surface area contributed by atoms with Crippen LogP contribution in [0.5, 0.6) is 0 Å². The second kappa shape index (κ2) is 5.51. The maximum atomic E-state index is 5.74. The fraction of sp³-hybridized carbons (Fsp3) is 0.625. The van der Waals surface area contributed by atoms with E-state index in [1.165, 1.54) is 44.5 Å². The molecule has 1 aromatic carbocycles. The van der Waals surface area contributed by atoms with Gasteiger partial charge in [-0.05, 0) is 63.0 Å². The van der Waals surface area contributed by atoms with Gasteiger partial charge < -0.3 is 10.6 Å². The summed E-state index contributed by atoms with van der Waals surface area (Å²) >= 11 is 0. The summed E-state index contributed by atoms with van der Waals surface area (Å²) in [6, 6.07) is 9.17. The van der Waals surface area contributed by atoms with Gasteiger partial charge in [-0.15, -0.1) is 0 Å². The van der Waals surface area contributed by atoms with E-state index in [9.17, 15) is 0 Å². The van der Waals surface area contributed by atoms with Crippen LogP contribution in [-0.4, -0.2) is 42.5 Å². The number of hydrogen-bond acceptors (Lipinski definition) is 3. The molecule has 0 bridgehead atoms. The van der Waals surface area contributed by atoms with Gasteiger partial charge in [0.15, 0.2) is 0 Å². The molecule has 2 atom stereocenters. The smallest absolute Gasteiger partial charge is 0.0314 e. The molecule has 3 heteroatoms. The Bertz CT molecular complexity index is 415. The van der Waals surface area contributed by atoms with E-state index in [4.69, 9.17) is 5.73 Å².